The summed E-state index contributed by atoms with van der Waals surface area (Å²) >= 11 is 12.2. The van der Waals surface area contributed by atoms with E-state index in [2.05, 4.69) is 25.1 Å². The predicted octanol–water partition coefficient (Wildman–Crippen LogP) is 4.21. The van der Waals surface area contributed by atoms with Crippen LogP contribution in [0.3, 0.4) is 0 Å². The zero-order valence-corrected chi connectivity index (χ0v) is 17.3. The minimum Gasteiger partial charge on any atom is -0.336 e. The lowest BCUT2D eigenvalue weighted by Gasteiger charge is -2.14. The van der Waals surface area contributed by atoms with Gasteiger partial charge in [0.2, 0.25) is 0 Å². The van der Waals surface area contributed by atoms with Crippen molar-refractivity contribution in [3.8, 4) is 0 Å². The van der Waals surface area contributed by atoms with Crippen molar-refractivity contribution < 1.29 is 8.42 Å². The highest BCUT2D eigenvalue weighted by Gasteiger charge is 2.21. The zero-order chi connectivity index (χ0) is 20.6. The van der Waals surface area contributed by atoms with Crippen LogP contribution in [0, 0.1) is 0 Å². The summed E-state index contributed by atoms with van der Waals surface area (Å²) in [5, 5.41) is 7.76. The second-order valence-corrected chi connectivity index (χ2v) is 8.64. The van der Waals surface area contributed by atoms with Gasteiger partial charge in [0.1, 0.15) is 4.90 Å². The molecule has 0 saturated carbocycles. The fourth-order valence-corrected chi connectivity index (χ4v) is 4.05. The van der Waals surface area contributed by atoms with Gasteiger partial charge in [0.05, 0.1) is 27.9 Å². The van der Waals surface area contributed by atoms with Crippen LogP contribution in [0.25, 0.3) is 11.0 Å². The summed E-state index contributed by atoms with van der Waals surface area (Å²) < 4.78 is 29.4. The van der Waals surface area contributed by atoms with Crippen molar-refractivity contribution in [1.29, 1.82) is 0 Å². The maximum atomic E-state index is 12.8. The number of aryl methyl sites for hydroxylation is 1. The van der Waals surface area contributed by atoms with Gasteiger partial charge in [-0.15, -0.1) is 0 Å². The Morgan fingerprint density at radius 2 is 1.69 bits per heavy atom. The number of nitrogens with zero attached hydrogens (tertiary/aromatic N) is 4. The molecule has 29 heavy (non-hydrogen) atoms. The standard InChI is InChI=1S/C18H14Cl2N6O2S/c1-26-10-12(9-21-26)29(27,28)25-18-17(22-14-7-6-11(19)8-13(14)20)23-15-4-2-3-5-16(15)24-18/h2-10H,1H3,(H,22,23)(H,24,25). The number of aromatic nitrogens is 4. The zero-order valence-electron chi connectivity index (χ0n) is 15.0. The van der Waals surface area contributed by atoms with Crippen LogP contribution < -0.4 is 10.0 Å². The molecule has 0 atom stereocenters. The second kappa shape index (κ2) is 7.51. The number of sulfonamides is 1. The molecule has 4 aromatic rings. The van der Waals surface area contributed by atoms with Gasteiger partial charge < -0.3 is 5.32 Å². The molecule has 0 radical (unpaired) electrons. The van der Waals surface area contributed by atoms with Gasteiger partial charge in [-0.25, -0.2) is 18.4 Å². The van der Waals surface area contributed by atoms with Gasteiger partial charge in [-0.3, -0.25) is 9.40 Å². The van der Waals surface area contributed by atoms with Crippen LogP contribution >= 0.6 is 23.2 Å². The largest absolute Gasteiger partial charge is 0.336 e. The normalized spacial score (nSPS) is 11.6. The molecule has 2 aromatic carbocycles. The van der Waals surface area contributed by atoms with E-state index >= 15 is 0 Å². The third kappa shape index (κ3) is 4.12. The summed E-state index contributed by atoms with van der Waals surface area (Å²) in [6.07, 6.45) is 2.64. The Balaban J connectivity index is 1.80. The van der Waals surface area contributed by atoms with Crippen molar-refractivity contribution in [3.63, 3.8) is 0 Å². The van der Waals surface area contributed by atoms with E-state index in [1.54, 1.807) is 43.4 Å². The molecule has 0 amide bonds. The average Bonchev–Trinajstić information content (AvgIpc) is 3.11. The first-order valence-corrected chi connectivity index (χ1v) is 10.6. The molecule has 2 heterocycles. The van der Waals surface area contributed by atoms with Crippen molar-refractivity contribution in [2.45, 2.75) is 4.90 Å². The first kappa shape index (κ1) is 19.4. The molecule has 8 nitrogen and oxygen atoms in total. The molecule has 0 bridgehead atoms. The SMILES string of the molecule is Cn1cc(S(=O)(=O)Nc2nc3ccccc3nc2Nc2ccc(Cl)cc2Cl)cn1. The lowest BCUT2D eigenvalue weighted by molar-refractivity contribution is 0.601. The van der Waals surface area contributed by atoms with E-state index < -0.39 is 10.0 Å². The van der Waals surface area contributed by atoms with E-state index in [4.69, 9.17) is 23.2 Å². The highest BCUT2D eigenvalue weighted by Crippen LogP contribution is 2.31. The van der Waals surface area contributed by atoms with Gasteiger partial charge in [-0.2, -0.15) is 5.10 Å². The van der Waals surface area contributed by atoms with Crippen LogP contribution in [0.5, 0.6) is 0 Å². The number of halogens is 2. The summed E-state index contributed by atoms with van der Waals surface area (Å²) in [5.41, 5.74) is 1.62. The molecule has 0 aliphatic rings. The minimum absolute atomic E-state index is 0.00503. The molecule has 148 valence electrons. The number of benzene rings is 2. The lowest BCUT2D eigenvalue weighted by Crippen LogP contribution is -2.15. The van der Waals surface area contributed by atoms with Crippen LogP contribution in [0.1, 0.15) is 0 Å². The molecule has 4 rings (SSSR count). The van der Waals surface area contributed by atoms with Crippen LogP contribution in [0.4, 0.5) is 17.3 Å². The smallest absolute Gasteiger partial charge is 0.266 e. The first-order valence-electron chi connectivity index (χ1n) is 8.32. The van der Waals surface area contributed by atoms with E-state index in [1.165, 1.54) is 17.1 Å². The molecule has 0 fully saturated rings. The number of hydrogen-bond acceptors (Lipinski definition) is 6. The molecule has 0 saturated heterocycles. The summed E-state index contributed by atoms with van der Waals surface area (Å²) in [6, 6.07) is 12.0. The number of hydrogen-bond donors (Lipinski definition) is 2. The fourth-order valence-electron chi connectivity index (χ4n) is 2.60. The maximum absolute atomic E-state index is 12.8. The highest BCUT2D eigenvalue weighted by atomic mass is 35.5. The molecule has 2 aromatic heterocycles. The quantitative estimate of drug-likeness (QED) is 0.473. The fraction of sp³-hybridized carbons (Fsp3) is 0.0556. The van der Waals surface area contributed by atoms with Crippen molar-refractivity contribution >= 4 is 61.6 Å². The van der Waals surface area contributed by atoms with Crippen LogP contribution in [-0.4, -0.2) is 28.2 Å². The number of nitrogens with one attached hydrogen (secondary N) is 2. The number of rotatable bonds is 5. The first-order chi connectivity index (χ1) is 13.8. The van der Waals surface area contributed by atoms with Crippen LogP contribution in [0.2, 0.25) is 10.0 Å². The van der Waals surface area contributed by atoms with E-state index in [-0.39, 0.29) is 16.5 Å². The lowest BCUT2D eigenvalue weighted by atomic mass is 10.3. The molecule has 2 N–H and O–H groups in total. The Bertz CT molecular complexity index is 1320. The summed E-state index contributed by atoms with van der Waals surface area (Å²) in [4.78, 5) is 8.93. The second-order valence-electron chi connectivity index (χ2n) is 6.11. The third-order valence-electron chi connectivity index (χ3n) is 3.98. The van der Waals surface area contributed by atoms with Gasteiger partial charge in [0.15, 0.2) is 11.6 Å². The molecule has 0 spiro atoms. The Morgan fingerprint density at radius 3 is 2.31 bits per heavy atom. The van der Waals surface area contributed by atoms with Gasteiger partial charge in [0, 0.05) is 18.3 Å². The van der Waals surface area contributed by atoms with Gasteiger partial charge in [-0.05, 0) is 30.3 Å². The molecule has 11 heteroatoms. The molecular formula is C18H14Cl2N6O2S. The van der Waals surface area contributed by atoms with E-state index in [9.17, 15) is 8.42 Å². The highest BCUT2D eigenvalue weighted by molar-refractivity contribution is 7.92. The summed E-state index contributed by atoms with van der Waals surface area (Å²) in [5.74, 6) is 0.221. The van der Waals surface area contributed by atoms with Crippen molar-refractivity contribution in [1.82, 2.24) is 19.7 Å². The minimum atomic E-state index is -3.92. The molecule has 0 aliphatic heterocycles. The van der Waals surface area contributed by atoms with Crippen LogP contribution in [-0.2, 0) is 17.1 Å². The van der Waals surface area contributed by atoms with Gasteiger partial charge >= 0.3 is 0 Å². The Kier molecular flexibility index (Phi) is 5.03. The van der Waals surface area contributed by atoms with Gasteiger partial charge in [-0.1, -0.05) is 35.3 Å². The molecule has 0 unspecified atom stereocenters. The summed E-state index contributed by atoms with van der Waals surface area (Å²) in [6.45, 7) is 0. The van der Waals surface area contributed by atoms with E-state index in [1.807, 2.05) is 6.07 Å². The monoisotopic (exact) mass is 448 g/mol. The number of fused-ring (bicyclic) bond motifs is 1. The topological polar surface area (TPSA) is 102 Å². The van der Waals surface area contributed by atoms with Gasteiger partial charge in [0.25, 0.3) is 10.0 Å². The van der Waals surface area contributed by atoms with Crippen molar-refractivity contribution in [2.24, 2.45) is 7.05 Å². The maximum Gasteiger partial charge on any atom is 0.266 e. The van der Waals surface area contributed by atoms with E-state index in [0.29, 0.717) is 26.8 Å². The number of para-hydroxylation sites is 2. The third-order valence-corrected chi connectivity index (χ3v) is 5.82. The number of anilines is 3. The van der Waals surface area contributed by atoms with Crippen LogP contribution in [0.15, 0.2) is 59.8 Å². The van der Waals surface area contributed by atoms with E-state index in [0.717, 1.165) is 0 Å². The van der Waals surface area contributed by atoms with Crippen molar-refractivity contribution in [3.05, 3.63) is 64.9 Å². The summed E-state index contributed by atoms with van der Waals surface area (Å²) in [7, 11) is -2.29. The molecular weight excluding hydrogens is 435 g/mol. The Labute approximate surface area is 176 Å². The Morgan fingerprint density at radius 1 is 1.00 bits per heavy atom. The van der Waals surface area contributed by atoms with Crippen molar-refractivity contribution in [2.75, 3.05) is 10.0 Å². The predicted molar refractivity (Wildman–Crippen MR) is 113 cm³/mol. The molecule has 0 aliphatic carbocycles. The average molecular weight is 449 g/mol. The Hall–Kier alpha value is -2.88.